The molecule has 0 spiro atoms. The minimum Gasteiger partial charge on any atom is -0.355 e. The summed E-state index contributed by atoms with van der Waals surface area (Å²) in [5, 5.41) is 8.62. The Hall–Kier alpha value is -2.15. The molecule has 0 radical (unpaired) electrons. The normalized spacial score (nSPS) is 10.1. The van der Waals surface area contributed by atoms with Crippen molar-refractivity contribution in [2.75, 3.05) is 18.0 Å². The molecular weight excluding hydrogens is 212 g/mol. The van der Waals surface area contributed by atoms with Gasteiger partial charge in [-0.15, -0.1) is 0 Å². The molecule has 0 aliphatic heterocycles. The lowest BCUT2D eigenvalue weighted by atomic mass is 10.3. The fourth-order valence-corrected chi connectivity index (χ4v) is 1.72. The minimum absolute atomic E-state index is 0.502. The molecule has 0 aliphatic rings. The molecule has 0 atom stereocenters. The van der Waals surface area contributed by atoms with Crippen molar-refractivity contribution in [1.82, 2.24) is 9.97 Å². The van der Waals surface area contributed by atoms with Crippen molar-refractivity contribution in [3.05, 3.63) is 30.5 Å². The Morgan fingerprint density at radius 3 is 2.76 bits per heavy atom. The van der Waals surface area contributed by atoms with E-state index in [9.17, 15) is 0 Å². The lowest BCUT2D eigenvalue weighted by molar-refractivity contribution is 0.810. The highest BCUT2D eigenvalue weighted by Gasteiger charge is 2.06. The average molecular weight is 226 g/mol. The number of aromatic nitrogens is 2. The van der Waals surface area contributed by atoms with Crippen LogP contribution in [-0.2, 0) is 0 Å². The Morgan fingerprint density at radius 1 is 1.29 bits per heavy atom. The lowest BCUT2D eigenvalue weighted by Crippen LogP contribution is -2.24. The van der Waals surface area contributed by atoms with Crippen LogP contribution in [0.25, 0.3) is 11.0 Å². The van der Waals surface area contributed by atoms with Crippen molar-refractivity contribution in [2.45, 2.75) is 13.3 Å². The van der Waals surface area contributed by atoms with E-state index in [0.29, 0.717) is 13.0 Å². The van der Waals surface area contributed by atoms with E-state index < -0.39 is 0 Å². The third-order valence-electron chi connectivity index (χ3n) is 2.64. The molecule has 0 bridgehead atoms. The maximum absolute atomic E-state index is 8.62. The van der Waals surface area contributed by atoms with E-state index in [0.717, 1.165) is 23.4 Å². The van der Waals surface area contributed by atoms with Gasteiger partial charge in [0.1, 0.15) is 5.82 Å². The molecule has 4 heteroatoms. The number of anilines is 1. The van der Waals surface area contributed by atoms with E-state index in [2.05, 4.69) is 20.9 Å². The minimum atomic E-state index is 0.502. The summed E-state index contributed by atoms with van der Waals surface area (Å²) in [6.45, 7) is 3.57. The summed E-state index contributed by atoms with van der Waals surface area (Å²) >= 11 is 0. The first-order chi connectivity index (χ1) is 8.35. The molecule has 0 aliphatic carbocycles. The first-order valence-electron chi connectivity index (χ1n) is 5.69. The maximum atomic E-state index is 8.62. The molecule has 86 valence electrons. The van der Waals surface area contributed by atoms with Crippen LogP contribution in [0.5, 0.6) is 0 Å². The molecule has 0 N–H and O–H groups in total. The van der Waals surface area contributed by atoms with Gasteiger partial charge >= 0.3 is 0 Å². The van der Waals surface area contributed by atoms with Crippen LogP contribution < -0.4 is 4.90 Å². The third kappa shape index (κ3) is 2.51. The van der Waals surface area contributed by atoms with Gasteiger partial charge in [-0.25, -0.2) is 4.98 Å². The van der Waals surface area contributed by atoms with E-state index in [1.165, 1.54) is 0 Å². The number of para-hydroxylation sites is 2. The van der Waals surface area contributed by atoms with Crippen LogP contribution in [-0.4, -0.2) is 23.1 Å². The highest BCUT2D eigenvalue weighted by Crippen LogP contribution is 2.15. The summed E-state index contributed by atoms with van der Waals surface area (Å²) < 4.78 is 0. The fraction of sp³-hybridized carbons (Fsp3) is 0.308. The second kappa shape index (κ2) is 5.26. The highest BCUT2D eigenvalue weighted by atomic mass is 15.2. The zero-order valence-electron chi connectivity index (χ0n) is 9.80. The second-order valence-electron chi connectivity index (χ2n) is 3.70. The highest BCUT2D eigenvalue weighted by molar-refractivity contribution is 5.75. The molecule has 4 nitrogen and oxygen atoms in total. The SMILES string of the molecule is CCN(CCC#N)c1cnc2ccccc2n1. The van der Waals surface area contributed by atoms with Gasteiger partial charge in [0.15, 0.2) is 0 Å². The summed E-state index contributed by atoms with van der Waals surface area (Å²) in [5.41, 5.74) is 1.79. The molecule has 0 saturated carbocycles. The third-order valence-corrected chi connectivity index (χ3v) is 2.64. The first kappa shape index (κ1) is 11.3. The Kier molecular flexibility index (Phi) is 3.51. The number of rotatable bonds is 4. The molecule has 1 aromatic carbocycles. The fourth-order valence-electron chi connectivity index (χ4n) is 1.72. The maximum Gasteiger partial charge on any atom is 0.147 e. The molecule has 0 amide bonds. The molecule has 2 aromatic rings. The number of benzene rings is 1. The van der Waals surface area contributed by atoms with E-state index in [4.69, 9.17) is 5.26 Å². The Morgan fingerprint density at radius 2 is 2.06 bits per heavy atom. The number of hydrogen-bond donors (Lipinski definition) is 0. The summed E-state index contributed by atoms with van der Waals surface area (Å²) in [6.07, 6.45) is 2.27. The molecule has 1 aromatic heterocycles. The van der Waals surface area contributed by atoms with Gasteiger partial charge in [0.25, 0.3) is 0 Å². The van der Waals surface area contributed by atoms with Gasteiger partial charge in [-0.3, -0.25) is 4.98 Å². The van der Waals surface area contributed by atoms with E-state index in [1.807, 2.05) is 31.2 Å². The number of nitriles is 1. The molecule has 1 heterocycles. The van der Waals surface area contributed by atoms with Crippen LogP contribution >= 0.6 is 0 Å². The monoisotopic (exact) mass is 226 g/mol. The predicted molar refractivity (Wildman–Crippen MR) is 67.7 cm³/mol. The van der Waals surface area contributed by atoms with Crippen molar-refractivity contribution < 1.29 is 0 Å². The smallest absolute Gasteiger partial charge is 0.147 e. The van der Waals surface area contributed by atoms with Crippen LogP contribution in [0, 0.1) is 11.3 Å². The van der Waals surface area contributed by atoms with Crippen molar-refractivity contribution in [1.29, 1.82) is 5.26 Å². The molecule has 2 rings (SSSR count). The average Bonchev–Trinajstić information content (AvgIpc) is 2.39. The number of fused-ring (bicyclic) bond motifs is 1. The molecule has 0 saturated heterocycles. The lowest BCUT2D eigenvalue weighted by Gasteiger charge is -2.20. The van der Waals surface area contributed by atoms with Crippen molar-refractivity contribution in [2.24, 2.45) is 0 Å². The number of nitrogens with zero attached hydrogens (tertiary/aromatic N) is 4. The van der Waals surface area contributed by atoms with Crippen LogP contribution in [0.2, 0.25) is 0 Å². The second-order valence-corrected chi connectivity index (χ2v) is 3.70. The number of hydrogen-bond acceptors (Lipinski definition) is 4. The van der Waals surface area contributed by atoms with Crippen LogP contribution in [0.15, 0.2) is 30.5 Å². The van der Waals surface area contributed by atoms with Gasteiger partial charge in [0.2, 0.25) is 0 Å². The summed E-state index contributed by atoms with van der Waals surface area (Å²) in [5.74, 6) is 0.835. The molecule has 0 fully saturated rings. The van der Waals surface area contributed by atoms with Crippen LogP contribution in [0.4, 0.5) is 5.82 Å². The van der Waals surface area contributed by atoms with Gasteiger partial charge in [-0.05, 0) is 19.1 Å². The van der Waals surface area contributed by atoms with Gasteiger partial charge in [-0.2, -0.15) is 5.26 Å². The van der Waals surface area contributed by atoms with E-state index >= 15 is 0 Å². The van der Waals surface area contributed by atoms with E-state index in [1.54, 1.807) is 6.20 Å². The van der Waals surface area contributed by atoms with Gasteiger partial charge in [-0.1, -0.05) is 12.1 Å². The molecular formula is C13H14N4. The largest absolute Gasteiger partial charge is 0.355 e. The van der Waals surface area contributed by atoms with Crippen molar-refractivity contribution in [3.63, 3.8) is 0 Å². The zero-order valence-corrected chi connectivity index (χ0v) is 9.80. The van der Waals surface area contributed by atoms with Crippen molar-refractivity contribution >= 4 is 16.9 Å². The Balaban J connectivity index is 2.31. The quantitative estimate of drug-likeness (QED) is 0.803. The summed E-state index contributed by atoms with van der Waals surface area (Å²) in [4.78, 5) is 11.0. The van der Waals surface area contributed by atoms with Gasteiger partial charge < -0.3 is 4.90 Å². The van der Waals surface area contributed by atoms with Crippen LogP contribution in [0.3, 0.4) is 0 Å². The zero-order chi connectivity index (χ0) is 12.1. The standard InChI is InChI=1S/C13H14N4/c1-2-17(9-5-8-14)13-10-15-11-6-3-4-7-12(11)16-13/h3-4,6-7,10H,2,5,9H2,1H3. The van der Waals surface area contributed by atoms with Gasteiger partial charge in [0.05, 0.1) is 29.7 Å². The van der Waals surface area contributed by atoms with Gasteiger partial charge in [0, 0.05) is 13.1 Å². The van der Waals surface area contributed by atoms with Crippen molar-refractivity contribution in [3.8, 4) is 6.07 Å². The Labute approximate surface area is 101 Å². The Bertz CT molecular complexity index is 544. The molecule has 0 unspecified atom stereocenters. The summed E-state index contributed by atoms with van der Waals surface area (Å²) in [7, 11) is 0. The first-order valence-corrected chi connectivity index (χ1v) is 5.69. The van der Waals surface area contributed by atoms with Crippen LogP contribution in [0.1, 0.15) is 13.3 Å². The molecule has 17 heavy (non-hydrogen) atoms. The van der Waals surface area contributed by atoms with E-state index in [-0.39, 0.29) is 0 Å². The predicted octanol–water partition coefficient (Wildman–Crippen LogP) is 2.37. The summed E-state index contributed by atoms with van der Waals surface area (Å²) in [6, 6.07) is 9.94. The topological polar surface area (TPSA) is 52.8 Å².